The highest BCUT2D eigenvalue weighted by Crippen LogP contribution is 2.31. The van der Waals surface area contributed by atoms with Gasteiger partial charge in [-0.3, -0.25) is 9.89 Å². The third-order valence-electron chi connectivity index (χ3n) is 4.55. The topological polar surface area (TPSA) is 80.3 Å². The third kappa shape index (κ3) is 4.71. The van der Waals surface area contributed by atoms with Crippen LogP contribution < -0.4 is 9.47 Å². The van der Waals surface area contributed by atoms with E-state index in [1.807, 2.05) is 60.4 Å². The molecule has 1 aliphatic heterocycles. The average Bonchev–Trinajstić information content (AvgIpc) is 3.25. The second-order valence-electron chi connectivity index (χ2n) is 6.51. The normalized spacial score (nSPS) is 12.6. The number of carbonyl (C=O) groups excluding carboxylic acids is 1. The van der Waals surface area contributed by atoms with Crippen molar-refractivity contribution in [2.75, 3.05) is 25.5 Å². The van der Waals surface area contributed by atoms with E-state index in [4.69, 9.17) is 9.47 Å². The zero-order valence-corrected chi connectivity index (χ0v) is 16.9. The second kappa shape index (κ2) is 9.00. The van der Waals surface area contributed by atoms with E-state index >= 15 is 0 Å². The number of nitrogens with zero attached hydrogens (tertiary/aromatic N) is 3. The van der Waals surface area contributed by atoms with Gasteiger partial charge in [-0.2, -0.15) is 0 Å². The van der Waals surface area contributed by atoms with Crippen molar-refractivity contribution >= 4 is 17.7 Å². The van der Waals surface area contributed by atoms with Crippen LogP contribution in [-0.4, -0.2) is 51.5 Å². The molecule has 2 heterocycles. The van der Waals surface area contributed by atoms with Gasteiger partial charge in [0, 0.05) is 18.7 Å². The number of H-pyrrole nitrogens is 1. The van der Waals surface area contributed by atoms with E-state index in [0.717, 1.165) is 22.6 Å². The van der Waals surface area contributed by atoms with Crippen LogP contribution in [-0.2, 0) is 11.3 Å². The van der Waals surface area contributed by atoms with E-state index in [2.05, 4.69) is 15.2 Å². The summed E-state index contributed by atoms with van der Waals surface area (Å²) < 4.78 is 11.2. The highest BCUT2D eigenvalue weighted by Gasteiger charge is 2.17. The van der Waals surface area contributed by atoms with Crippen molar-refractivity contribution in [2.24, 2.45) is 0 Å². The number of benzene rings is 2. The highest BCUT2D eigenvalue weighted by atomic mass is 32.2. The van der Waals surface area contributed by atoms with Gasteiger partial charge in [-0.05, 0) is 24.6 Å². The maximum absolute atomic E-state index is 12.7. The van der Waals surface area contributed by atoms with Gasteiger partial charge in [0.15, 0.2) is 17.3 Å². The lowest BCUT2D eigenvalue weighted by atomic mass is 10.2. The number of aromatic amines is 1. The lowest BCUT2D eigenvalue weighted by molar-refractivity contribution is -0.128. The molecule has 0 aliphatic carbocycles. The Morgan fingerprint density at radius 1 is 1.14 bits per heavy atom. The molecule has 0 atom stereocenters. The second-order valence-corrected chi connectivity index (χ2v) is 7.45. The van der Waals surface area contributed by atoms with Crippen LogP contribution >= 0.6 is 11.8 Å². The maximum Gasteiger partial charge on any atom is 0.233 e. The molecule has 1 N–H and O–H groups in total. The summed E-state index contributed by atoms with van der Waals surface area (Å²) in [6, 6.07) is 15.6. The molecule has 0 spiro atoms. The molecule has 0 saturated heterocycles. The average molecular weight is 410 g/mol. The minimum atomic E-state index is 0.0402. The van der Waals surface area contributed by atoms with E-state index < -0.39 is 0 Å². The fraction of sp³-hybridized carbons (Fsp3) is 0.286. The first-order chi connectivity index (χ1) is 14.2. The minimum absolute atomic E-state index is 0.0402. The lowest BCUT2D eigenvalue weighted by Crippen LogP contribution is -2.31. The van der Waals surface area contributed by atoms with Crippen molar-refractivity contribution in [2.45, 2.75) is 18.6 Å². The van der Waals surface area contributed by atoms with Gasteiger partial charge in [-0.15, -0.1) is 5.10 Å². The van der Waals surface area contributed by atoms with Gasteiger partial charge < -0.3 is 14.4 Å². The zero-order chi connectivity index (χ0) is 20.1. The van der Waals surface area contributed by atoms with Crippen LogP contribution in [0.3, 0.4) is 0 Å². The predicted molar refractivity (Wildman–Crippen MR) is 111 cm³/mol. The molecule has 150 valence electrons. The van der Waals surface area contributed by atoms with Crippen molar-refractivity contribution in [1.82, 2.24) is 20.1 Å². The maximum atomic E-state index is 12.7. The minimum Gasteiger partial charge on any atom is -0.486 e. The number of aromatic nitrogens is 3. The van der Waals surface area contributed by atoms with E-state index in [-0.39, 0.29) is 11.7 Å². The molecular formula is C21H22N4O3S. The summed E-state index contributed by atoms with van der Waals surface area (Å²) in [6.07, 6.45) is 0. The summed E-state index contributed by atoms with van der Waals surface area (Å²) in [7, 11) is 0. The molecule has 8 heteroatoms. The molecule has 0 saturated carbocycles. The number of ether oxygens (including phenoxy) is 2. The van der Waals surface area contributed by atoms with Gasteiger partial charge >= 0.3 is 0 Å². The molecule has 0 bridgehead atoms. The summed E-state index contributed by atoms with van der Waals surface area (Å²) in [5.74, 6) is 2.51. The molecule has 2 aromatic carbocycles. The fourth-order valence-corrected chi connectivity index (χ4v) is 3.74. The van der Waals surface area contributed by atoms with E-state index in [1.165, 1.54) is 11.8 Å². The van der Waals surface area contributed by atoms with Gasteiger partial charge in [0.05, 0.1) is 5.75 Å². The summed E-state index contributed by atoms with van der Waals surface area (Å²) in [6.45, 7) is 4.23. The Bertz CT molecular complexity index is 977. The first-order valence-corrected chi connectivity index (χ1v) is 10.5. The molecule has 0 radical (unpaired) electrons. The SMILES string of the molecule is CCN(Cc1ccc2c(c1)OCCO2)C(=O)CSc1n[nH]c(-c2ccccc2)n1. The van der Waals surface area contributed by atoms with Crippen LogP contribution in [0.15, 0.2) is 53.7 Å². The van der Waals surface area contributed by atoms with Crippen LogP contribution in [0.2, 0.25) is 0 Å². The van der Waals surface area contributed by atoms with Crippen LogP contribution in [0.5, 0.6) is 11.5 Å². The number of fused-ring (bicyclic) bond motifs is 1. The zero-order valence-electron chi connectivity index (χ0n) is 16.1. The quantitative estimate of drug-likeness (QED) is 0.602. The number of carbonyl (C=O) groups is 1. The van der Waals surface area contributed by atoms with Gasteiger partial charge in [0.2, 0.25) is 11.1 Å². The van der Waals surface area contributed by atoms with E-state index in [9.17, 15) is 4.79 Å². The van der Waals surface area contributed by atoms with Gasteiger partial charge in [0.1, 0.15) is 13.2 Å². The van der Waals surface area contributed by atoms with E-state index in [0.29, 0.717) is 37.3 Å². The Hall–Kier alpha value is -3.00. The predicted octanol–water partition coefficient (Wildman–Crippen LogP) is 3.38. The molecule has 1 aromatic heterocycles. The van der Waals surface area contributed by atoms with Crippen molar-refractivity contribution in [1.29, 1.82) is 0 Å². The first-order valence-electron chi connectivity index (χ1n) is 9.50. The number of hydrogen-bond donors (Lipinski definition) is 1. The summed E-state index contributed by atoms with van der Waals surface area (Å²) in [5, 5.41) is 7.70. The molecule has 29 heavy (non-hydrogen) atoms. The number of amides is 1. The monoisotopic (exact) mass is 410 g/mol. The number of hydrogen-bond acceptors (Lipinski definition) is 6. The van der Waals surface area contributed by atoms with Crippen LogP contribution in [0.25, 0.3) is 11.4 Å². The van der Waals surface area contributed by atoms with Gasteiger partial charge in [-0.25, -0.2) is 4.98 Å². The molecule has 3 aromatic rings. The third-order valence-corrected chi connectivity index (χ3v) is 5.38. The molecule has 7 nitrogen and oxygen atoms in total. The molecule has 0 unspecified atom stereocenters. The molecular weight excluding hydrogens is 388 g/mol. The molecule has 0 fully saturated rings. The fourth-order valence-electron chi connectivity index (χ4n) is 3.04. The van der Waals surface area contributed by atoms with Crippen molar-refractivity contribution in [3.8, 4) is 22.9 Å². The van der Waals surface area contributed by atoms with Crippen molar-refractivity contribution in [3.05, 3.63) is 54.1 Å². The summed E-state index contributed by atoms with van der Waals surface area (Å²) in [5.41, 5.74) is 1.98. The van der Waals surface area contributed by atoms with Crippen molar-refractivity contribution in [3.63, 3.8) is 0 Å². The smallest absolute Gasteiger partial charge is 0.233 e. The van der Waals surface area contributed by atoms with Crippen molar-refractivity contribution < 1.29 is 14.3 Å². The Morgan fingerprint density at radius 2 is 1.93 bits per heavy atom. The Kier molecular flexibility index (Phi) is 6.00. The molecule has 4 rings (SSSR count). The van der Waals surface area contributed by atoms with Gasteiger partial charge in [0.25, 0.3) is 0 Å². The van der Waals surface area contributed by atoms with Gasteiger partial charge in [-0.1, -0.05) is 48.2 Å². The lowest BCUT2D eigenvalue weighted by Gasteiger charge is -2.23. The Labute approximate surface area is 173 Å². The standard InChI is InChI=1S/C21H22N4O3S/c1-2-25(13-15-8-9-17-18(12-15)28-11-10-27-17)19(26)14-29-21-22-20(23-24-21)16-6-4-3-5-7-16/h3-9,12H,2,10-11,13-14H2,1H3,(H,22,23,24). The number of rotatable bonds is 7. The Morgan fingerprint density at radius 3 is 2.72 bits per heavy atom. The highest BCUT2D eigenvalue weighted by molar-refractivity contribution is 7.99. The summed E-state index contributed by atoms with van der Waals surface area (Å²) >= 11 is 1.33. The van der Waals surface area contributed by atoms with E-state index in [1.54, 1.807) is 0 Å². The van der Waals surface area contributed by atoms with Crippen LogP contribution in [0, 0.1) is 0 Å². The van der Waals surface area contributed by atoms with Crippen LogP contribution in [0.1, 0.15) is 12.5 Å². The van der Waals surface area contributed by atoms with Crippen LogP contribution in [0.4, 0.5) is 0 Å². The molecule has 1 aliphatic rings. The first kappa shape index (κ1) is 19.3. The number of nitrogens with one attached hydrogen (secondary N) is 1. The number of thioether (sulfide) groups is 1. The largest absolute Gasteiger partial charge is 0.486 e. The Balaban J connectivity index is 1.35. The summed E-state index contributed by atoms with van der Waals surface area (Å²) in [4.78, 5) is 19.0. The molecule has 1 amide bonds.